The number of hydrazine groups is 1. The van der Waals surface area contributed by atoms with Crippen molar-refractivity contribution >= 4 is 11.8 Å². The molecule has 0 bridgehead atoms. The monoisotopic (exact) mass is 316 g/mol. The van der Waals surface area contributed by atoms with Gasteiger partial charge in [0.1, 0.15) is 11.6 Å². The van der Waals surface area contributed by atoms with E-state index in [-0.39, 0.29) is 12.0 Å². The van der Waals surface area contributed by atoms with Crippen LogP contribution in [0.2, 0.25) is 0 Å². The van der Waals surface area contributed by atoms with Crippen molar-refractivity contribution in [1.82, 2.24) is 10.9 Å². The van der Waals surface area contributed by atoms with Crippen LogP contribution < -0.4 is 15.6 Å². The van der Waals surface area contributed by atoms with E-state index in [0.717, 1.165) is 5.56 Å². The van der Waals surface area contributed by atoms with Crippen molar-refractivity contribution in [2.24, 2.45) is 0 Å². The molecule has 120 valence electrons. The van der Waals surface area contributed by atoms with Gasteiger partial charge in [-0.05, 0) is 25.1 Å². The number of halogens is 1. The molecule has 23 heavy (non-hydrogen) atoms. The van der Waals surface area contributed by atoms with Gasteiger partial charge in [-0.3, -0.25) is 20.4 Å². The summed E-state index contributed by atoms with van der Waals surface area (Å²) in [4.78, 5) is 23.7. The average molecular weight is 316 g/mol. The number of nitrogens with one attached hydrogen (secondary N) is 2. The normalized spacial score (nSPS) is 10.0. The molecule has 5 nitrogen and oxygen atoms in total. The molecule has 0 aliphatic rings. The average Bonchev–Trinajstić information content (AvgIpc) is 2.53. The molecule has 2 amide bonds. The lowest BCUT2D eigenvalue weighted by molar-refractivity contribution is -0.121. The smallest absolute Gasteiger partial charge is 0.272 e. The van der Waals surface area contributed by atoms with Crippen LogP contribution in [-0.2, 0) is 11.2 Å². The van der Waals surface area contributed by atoms with Crippen LogP contribution in [0.25, 0.3) is 0 Å². The number of benzene rings is 2. The molecular weight excluding hydrogens is 299 g/mol. The fraction of sp³-hybridized carbons (Fsp3) is 0.176. The lowest BCUT2D eigenvalue weighted by Gasteiger charge is -2.11. The predicted octanol–water partition coefficient (Wildman–Crippen LogP) is 2.15. The Balaban J connectivity index is 1.97. The largest absolute Gasteiger partial charge is 0.496 e. The first-order valence-corrected chi connectivity index (χ1v) is 6.98. The van der Waals surface area contributed by atoms with Crippen molar-refractivity contribution in [2.45, 2.75) is 13.3 Å². The molecule has 0 saturated carbocycles. The van der Waals surface area contributed by atoms with Crippen LogP contribution >= 0.6 is 0 Å². The number of rotatable bonds is 4. The minimum atomic E-state index is -0.715. The van der Waals surface area contributed by atoms with E-state index in [9.17, 15) is 14.0 Å². The van der Waals surface area contributed by atoms with Gasteiger partial charge in [-0.25, -0.2) is 4.39 Å². The van der Waals surface area contributed by atoms with Crippen molar-refractivity contribution in [3.05, 3.63) is 65.0 Å². The number of carbonyl (C=O) groups is 2. The Hall–Kier alpha value is -2.89. The topological polar surface area (TPSA) is 67.4 Å². The maximum Gasteiger partial charge on any atom is 0.272 e. The number of carbonyl (C=O) groups excluding carboxylic acids is 2. The van der Waals surface area contributed by atoms with E-state index < -0.39 is 17.6 Å². The number of hydrogen-bond donors (Lipinski definition) is 2. The fourth-order valence-electron chi connectivity index (χ4n) is 2.10. The van der Waals surface area contributed by atoms with E-state index in [2.05, 4.69) is 10.9 Å². The van der Waals surface area contributed by atoms with E-state index in [1.807, 2.05) is 19.1 Å². The Bertz CT molecular complexity index is 732. The minimum Gasteiger partial charge on any atom is -0.496 e. The Labute approximate surface area is 133 Å². The third-order valence-electron chi connectivity index (χ3n) is 3.22. The summed E-state index contributed by atoms with van der Waals surface area (Å²) < 4.78 is 18.7. The summed E-state index contributed by atoms with van der Waals surface area (Å²) >= 11 is 0. The zero-order valence-electron chi connectivity index (χ0n) is 12.9. The minimum absolute atomic E-state index is 0.0302. The summed E-state index contributed by atoms with van der Waals surface area (Å²) in [5.41, 5.74) is 6.01. The van der Waals surface area contributed by atoms with Crippen LogP contribution in [-0.4, -0.2) is 18.9 Å². The lowest BCUT2D eigenvalue weighted by atomic mass is 10.1. The summed E-state index contributed by atoms with van der Waals surface area (Å²) in [6, 6.07) is 11.0. The Morgan fingerprint density at radius 3 is 2.57 bits per heavy atom. The first-order chi connectivity index (χ1) is 11.0. The maximum absolute atomic E-state index is 13.5. The summed E-state index contributed by atoms with van der Waals surface area (Å²) in [7, 11) is 1.52. The highest BCUT2D eigenvalue weighted by Gasteiger charge is 2.13. The molecule has 0 aromatic heterocycles. The highest BCUT2D eigenvalue weighted by Crippen LogP contribution is 2.19. The molecule has 0 atom stereocenters. The van der Waals surface area contributed by atoms with Gasteiger partial charge in [0.15, 0.2) is 0 Å². The van der Waals surface area contributed by atoms with Crippen molar-refractivity contribution in [2.75, 3.05) is 7.11 Å². The van der Waals surface area contributed by atoms with Crippen LogP contribution in [0, 0.1) is 12.7 Å². The number of methoxy groups -OCH3 is 1. The number of hydrogen-bond acceptors (Lipinski definition) is 3. The summed E-state index contributed by atoms with van der Waals surface area (Å²) in [5.74, 6) is -1.21. The maximum atomic E-state index is 13.5. The van der Waals surface area contributed by atoms with E-state index in [4.69, 9.17) is 4.74 Å². The Kier molecular flexibility index (Phi) is 5.30. The van der Waals surface area contributed by atoms with Gasteiger partial charge in [-0.1, -0.05) is 29.8 Å². The Morgan fingerprint density at radius 2 is 1.87 bits per heavy atom. The van der Waals surface area contributed by atoms with Gasteiger partial charge in [0.05, 0.1) is 19.1 Å². The summed E-state index contributed by atoms with van der Waals surface area (Å²) in [6.45, 7) is 1.90. The summed E-state index contributed by atoms with van der Waals surface area (Å²) in [5, 5.41) is 0. The molecule has 2 aromatic rings. The van der Waals surface area contributed by atoms with Crippen molar-refractivity contribution in [3.63, 3.8) is 0 Å². The van der Waals surface area contributed by atoms with Gasteiger partial charge >= 0.3 is 0 Å². The van der Waals surface area contributed by atoms with Crippen LogP contribution in [0.3, 0.4) is 0 Å². The number of amides is 2. The van der Waals surface area contributed by atoms with Gasteiger partial charge < -0.3 is 4.74 Å². The molecule has 6 heteroatoms. The zero-order valence-corrected chi connectivity index (χ0v) is 12.9. The first kappa shape index (κ1) is 16.5. The lowest BCUT2D eigenvalue weighted by Crippen LogP contribution is -2.42. The van der Waals surface area contributed by atoms with Crippen molar-refractivity contribution in [1.29, 1.82) is 0 Å². The second kappa shape index (κ2) is 7.40. The first-order valence-electron chi connectivity index (χ1n) is 6.98. The van der Waals surface area contributed by atoms with Gasteiger partial charge in [0.2, 0.25) is 5.91 Å². The van der Waals surface area contributed by atoms with E-state index in [1.165, 1.54) is 31.4 Å². The molecule has 0 aliphatic carbocycles. The van der Waals surface area contributed by atoms with Crippen molar-refractivity contribution < 1.29 is 18.7 Å². The highest BCUT2D eigenvalue weighted by atomic mass is 19.1. The van der Waals surface area contributed by atoms with Gasteiger partial charge in [-0.2, -0.15) is 0 Å². The second-order valence-corrected chi connectivity index (χ2v) is 4.97. The van der Waals surface area contributed by atoms with Crippen LogP contribution in [0.5, 0.6) is 5.75 Å². The molecule has 0 aliphatic heterocycles. The molecule has 0 unspecified atom stereocenters. The molecule has 0 fully saturated rings. The second-order valence-electron chi connectivity index (χ2n) is 4.97. The fourth-order valence-corrected chi connectivity index (χ4v) is 2.10. The van der Waals surface area contributed by atoms with E-state index in [0.29, 0.717) is 11.3 Å². The van der Waals surface area contributed by atoms with E-state index in [1.54, 1.807) is 6.07 Å². The highest BCUT2D eigenvalue weighted by molar-refractivity contribution is 5.95. The third-order valence-corrected chi connectivity index (χ3v) is 3.22. The molecule has 0 spiro atoms. The molecule has 2 aromatic carbocycles. The third kappa shape index (κ3) is 4.29. The van der Waals surface area contributed by atoms with Crippen LogP contribution in [0.15, 0.2) is 42.5 Å². The SMILES string of the molecule is COc1ccc(C)cc1CC(=O)NNC(=O)c1ccccc1F. The predicted molar refractivity (Wildman–Crippen MR) is 83.4 cm³/mol. The van der Waals surface area contributed by atoms with E-state index >= 15 is 0 Å². The quantitative estimate of drug-likeness (QED) is 0.849. The standard InChI is InChI=1S/C17H17FN2O3/c1-11-7-8-15(23-2)12(9-11)10-16(21)19-20-17(22)13-5-3-4-6-14(13)18/h3-9H,10H2,1-2H3,(H,19,21)(H,20,22). The number of aryl methyl sites for hydroxylation is 1. The zero-order chi connectivity index (χ0) is 16.8. The van der Waals surface area contributed by atoms with Gasteiger partial charge in [0.25, 0.3) is 5.91 Å². The molecular formula is C17H17FN2O3. The Morgan fingerprint density at radius 1 is 1.13 bits per heavy atom. The molecule has 2 N–H and O–H groups in total. The molecule has 0 radical (unpaired) electrons. The number of ether oxygens (including phenoxy) is 1. The molecule has 0 heterocycles. The summed E-state index contributed by atoms with van der Waals surface area (Å²) in [6.07, 6.45) is 0.0302. The van der Waals surface area contributed by atoms with Gasteiger partial charge in [-0.15, -0.1) is 0 Å². The van der Waals surface area contributed by atoms with Crippen molar-refractivity contribution in [3.8, 4) is 5.75 Å². The van der Waals surface area contributed by atoms with Gasteiger partial charge in [0, 0.05) is 5.56 Å². The van der Waals surface area contributed by atoms with Crippen LogP contribution in [0.4, 0.5) is 4.39 Å². The van der Waals surface area contributed by atoms with Crippen LogP contribution in [0.1, 0.15) is 21.5 Å². The molecule has 2 rings (SSSR count). The molecule has 0 saturated heterocycles.